The van der Waals surface area contributed by atoms with Gasteiger partial charge in [-0.05, 0) is 50.1 Å². The zero-order chi connectivity index (χ0) is 31.1. The van der Waals surface area contributed by atoms with Crippen molar-refractivity contribution in [2.24, 2.45) is 0 Å². The standard InChI is InChI=1S/C30H31F2N5O7.Li/c1-2-43-29(41)33-14-19-15-37(30(42)44-19)18-5-6-24(22(31)11-18)34-7-9-35(10-8-34)26-13-25-20(12-23(26)32)27(38)21(28(39)40)16-36(25)17-3-4-17;/h5-6,11-13,16-17,19H,2-4,7-10,14-15H2,1H3,(H2,33,39,40,41);/q;+1/p-1/t19-;/m0./s1. The number of cyclic esters (lactones) is 1. The first kappa shape index (κ1) is 32.1. The van der Waals surface area contributed by atoms with E-state index in [-0.39, 0.29) is 55.5 Å². The number of amides is 2. The van der Waals surface area contributed by atoms with Crippen LogP contribution in [0.1, 0.15) is 36.2 Å². The molecule has 2 aliphatic heterocycles. The predicted molar refractivity (Wildman–Crippen MR) is 157 cm³/mol. The number of carboxylic acid groups (broad SMARTS) is 1. The van der Waals surface area contributed by atoms with Crippen LogP contribution < -0.4 is 39.0 Å². The Morgan fingerprint density at radius 2 is 1.69 bits per heavy atom. The number of halogens is 2. The van der Waals surface area contributed by atoms with Gasteiger partial charge in [-0.15, -0.1) is 0 Å². The maximum atomic E-state index is 15.3. The van der Waals surface area contributed by atoms with Crippen molar-refractivity contribution < 1.29 is 56.6 Å². The number of benzene rings is 2. The molecule has 3 aliphatic rings. The molecule has 1 atom stereocenters. The van der Waals surface area contributed by atoms with Gasteiger partial charge in [0.2, 0.25) is 11.5 Å². The fourth-order valence-corrected chi connectivity index (χ4v) is 5.69. The second-order valence-corrected chi connectivity index (χ2v) is 10.9. The van der Waals surface area contributed by atoms with Crippen LogP contribution in [0.4, 0.5) is 35.4 Å². The molecular weight excluding hydrogens is 587 g/mol. The third kappa shape index (κ3) is 6.43. The van der Waals surface area contributed by atoms with Crippen molar-refractivity contribution in [3.05, 3.63) is 69.3 Å². The number of fused-ring (bicyclic) bond motifs is 1. The summed E-state index contributed by atoms with van der Waals surface area (Å²) in [6.45, 7) is 3.37. The first-order chi connectivity index (χ1) is 21.1. The molecule has 0 bridgehead atoms. The minimum Gasteiger partial charge on any atom is -0.614 e. The summed E-state index contributed by atoms with van der Waals surface area (Å²) in [6, 6.07) is 7.22. The fourth-order valence-electron chi connectivity index (χ4n) is 5.69. The Hall–Kier alpha value is -4.28. The molecule has 0 radical (unpaired) electrons. The van der Waals surface area contributed by atoms with Gasteiger partial charge in [-0.3, -0.25) is 14.5 Å². The van der Waals surface area contributed by atoms with Gasteiger partial charge >= 0.3 is 30.9 Å². The Bertz CT molecular complexity index is 1710. The van der Waals surface area contributed by atoms with E-state index in [4.69, 9.17) is 9.47 Å². The monoisotopic (exact) mass is 617 g/mol. The summed E-state index contributed by atoms with van der Waals surface area (Å²) >= 11 is 0. The zero-order valence-electron chi connectivity index (χ0n) is 24.9. The molecule has 1 saturated carbocycles. The first-order valence-electron chi connectivity index (χ1n) is 14.4. The fraction of sp³-hybridized carbons (Fsp3) is 0.400. The number of piperazine rings is 1. The van der Waals surface area contributed by atoms with Gasteiger partial charge in [-0.25, -0.2) is 18.4 Å². The van der Waals surface area contributed by atoms with Gasteiger partial charge in [0.05, 0.1) is 35.7 Å². The number of carboxylic acids is 1. The molecule has 1 aromatic heterocycles. The molecule has 2 aromatic carbocycles. The van der Waals surface area contributed by atoms with Gasteiger partial charge < -0.3 is 34.3 Å². The predicted octanol–water partition coefficient (Wildman–Crippen LogP) is 1.50. The number of aromatic nitrogens is 1. The first-order valence-corrected chi connectivity index (χ1v) is 14.4. The van der Waals surface area contributed by atoms with Gasteiger partial charge in [-0.1, -0.05) is 6.54 Å². The molecule has 0 spiro atoms. The van der Waals surface area contributed by atoms with Crippen molar-refractivity contribution in [3.8, 4) is 0 Å². The van der Waals surface area contributed by atoms with Crippen LogP contribution in [0.25, 0.3) is 16.2 Å². The number of hydrogen-bond donors (Lipinski definition) is 1. The number of ether oxygens (including phenoxy) is 2. The SMILES string of the molecule is CCOC(=O)[N-]C[C@H]1CN(c2ccc(N3CCN(c4cc5c(cc4F)c(=O)c(C(=O)O)cn5C4CC4)CC3)c(F)c2)C(=O)O1.[Li+]. The Labute approximate surface area is 268 Å². The summed E-state index contributed by atoms with van der Waals surface area (Å²) in [7, 11) is 0. The molecular formula is C30H30F2LiN5O7. The minimum atomic E-state index is -1.35. The van der Waals surface area contributed by atoms with Gasteiger partial charge in [0.25, 0.3) is 0 Å². The third-order valence-electron chi connectivity index (χ3n) is 8.04. The van der Waals surface area contributed by atoms with Crippen molar-refractivity contribution in [1.82, 2.24) is 4.57 Å². The number of aromatic carboxylic acids is 1. The van der Waals surface area contributed by atoms with E-state index in [2.05, 4.69) is 5.32 Å². The van der Waals surface area contributed by atoms with E-state index in [0.29, 0.717) is 48.8 Å². The van der Waals surface area contributed by atoms with Crippen LogP contribution in [0, 0.1) is 11.6 Å². The van der Waals surface area contributed by atoms with Crippen LogP contribution in [-0.4, -0.2) is 79.8 Å². The minimum absolute atomic E-state index is 0. The van der Waals surface area contributed by atoms with Crippen molar-refractivity contribution in [3.63, 3.8) is 0 Å². The molecule has 6 rings (SSSR count). The molecule has 3 heterocycles. The number of pyridine rings is 1. The second kappa shape index (κ2) is 13.0. The molecule has 1 aliphatic carbocycles. The van der Waals surface area contributed by atoms with E-state index in [1.807, 2.05) is 9.80 Å². The van der Waals surface area contributed by atoms with Crippen LogP contribution in [0.3, 0.4) is 0 Å². The summed E-state index contributed by atoms with van der Waals surface area (Å²) < 4.78 is 42.4. The summed E-state index contributed by atoms with van der Waals surface area (Å²) in [6.07, 6.45) is 0.954. The number of hydrogen-bond acceptors (Lipinski definition) is 8. The average molecular weight is 618 g/mol. The number of rotatable bonds is 8. The number of nitrogens with zero attached hydrogens (tertiary/aromatic N) is 5. The molecule has 2 saturated heterocycles. The second-order valence-electron chi connectivity index (χ2n) is 10.9. The van der Waals surface area contributed by atoms with Crippen LogP contribution >= 0.6 is 0 Å². The van der Waals surface area contributed by atoms with E-state index in [9.17, 15) is 24.3 Å². The van der Waals surface area contributed by atoms with Crippen LogP contribution in [0.15, 0.2) is 41.3 Å². The summed E-state index contributed by atoms with van der Waals surface area (Å²) in [5, 5.41) is 13.2. The topological polar surface area (TPSA) is 136 Å². The van der Waals surface area contributed by atoms with Gasteiger partial charge in [0.1, 0.15) is 23.3 Å². The summed E-state index contributed by atoms with van der Waals surface area (Å²) in [5.74, 6) is -2.52. The summed E-state index contributed by atoms with van der Waals surface area (Å²) in [5.41, 5.74) is 0.311. The number of carbonyl (C=O) groups excluding carboxylic acids is 2. The molecule has 45 heavy (non-hydrogen) atoms. The number of carbonyl (C=O) groups is 3. The quantitative estimate of drug-likeness (QED) is 0.373. The Morgan fingerprint density at radius 1 is 1.02 bits per heavy atom. The Morgan fingerprint density at radius 3 is 2.31 bits per heavy atom. The van der Waals surface area contributed by atoms with Crippen LogP contribution in [-0.2, 0) is 9.47 Å². The smallest absolute Gasteiger partial charge is 0.614 e. The molecule has 12 nitrogen and oxygen atoms in total. The van der Waals surface area contributed by atoms with Crippen molar-refractivity contribution in [2.45, 2.75) is 31.9 Å². The van der Waals surface area contributed by atoms with E-state index < -0.39 is 41.3 Å². The van der Waals surface area contributed by atoms with Crippen molar-refractivity contribution in [1.29, 1.82) is 0 Å². The molecule has 1 N–H and O–H groups in total. The largest absolute Gasteiger partial charge is 1.00 e. The van der Waals surface area contributed by atoms with Gasteiger partial charge in [-0.2, -0.15) is 0 Å². The Kier molecular flexibility index (Phi) is 9.27. The van der Waals surface area contributed by atoms with Crippen LogP contribution in [0.5, 0.6) is 0 Å². The molecule has 0 unspecified atom stereocenters. The summed E-state index contributed by atoms with van der Waals surface area (Å²) in [4.78, 5) is 53.2. The van der Waals surface area contributed by atoms with Crippen LogP contribution in [0.2, 0.25) is 0 Å². The molecule has 3 fully saturated rings. The van der Waals surface area contributed by atoms with Crippen molar-refractivity contribution in [2.75, 3.05) is 60.6 Å². The van der Waals surface area contributed by atoms with E-state index >= 15 is 8.78 Å². The molecule has 2 amide bonds. The molecule has 232 valence electrons. The van der Waals surface area contributed by atoms with Gasteiger partial charge in [0.15, 0.2) is 0 Å². The van der Waals surface area contributed by atoms with Gasteiger partial charge in [0, 0.05) is 43.8 Å². The Balaban J connectivity index is 0.00000400. The third-order valence-corrected chi connectivity index (χ3v) is 8.04. The average Bonchev–Trinajstić information content (AvgIpc) is 3.77. The maximum Gasteiger partial charge on any atom is 1.00 e. The van der Waals surface area contributed by atoms with Crippen molar-refractivity contribution >= 4 is 46.1 Å². The van der Waals surface area contributed by atoms with E-state index in [0.717, 1.165) is 18.9 Å². The molecule has 15 heteroatoms. The maximum absolute atomic E-state index is 15.3. The number of anilines is 3. The zero-order valence-corrected chi connectivity index (χ0v) is 24.9. The van der Waals surface area contributed by atoms with E-state index in [1.54, 1.807) is 29.7 Å². The normalized spacial score (nSPS) is 18.1. The van der Waals surface area contributed by atoms with E-state index in [1.165, 1.54) is 17.2 Å². The molecule has 3 aromatic rings.